The lowest BCUT2D eigenvalue weighted by Gasteiger charge is -2.21. The topological polar surface area (TPSA) is 47.3 Å². The molecular formula is C18H22Cl2N2O2. The maximum absolute atomic E-state index is 9.81. The molecule has 1 aromatic heterocycles. The van der Waals surface area contributed by atoms with Gasteiger partial charge in [-0.25, -0.2) is 4.68 Å². The van der Waals surface area contributed by atoms with E-state index in [4.69, 9.17) is 27.9 Å². The number of rotatable bonds is 4. The minimum Gasteiger partial charge on any atom is -0.506 e. The van der Waals surface area contributed by atoms with Crippen molar-refractivity contribution in [3.8, 4) is 17.4 Å². The maximum Gasteiger partial charge on any atom is 0.221 e. The zero-order valence-electron chi connectivity index (χ0n) is 14.0. The lowest BCUT2D eigenvalue weighted by Crippen LogP contribution is -2.10. The number of hydrogen-bond donors (Lipinski definition) is 1. The molecule has 130 valence electrons. The van der Waals surface area contributed by atoms with Gasteiger partial charge in [0.15, 0.2) is 5.75 Å². The van der Waals surface area contributed by atoms with Crippen LogP contribution in [-0.4, -0.2) is 14.9 Å². The lowest BCUT2D eigenvalue weighted by atomic mass is 9.85. The fourth-order valence-electron chi connectivity index (χ4n) is 3.42. The van der Waals surface area contributed by atoms with Gasteiger partial charge >= 0.3 is 0 Å². The molecule has 0 spiro atoms. The van der Waals surface area contributed by atoms with Crippen molar-refractivity contribution in [1.29, 1.82) is 0 Å². The second-order valence-corrected chi connectivity index (χ2v) is 7.35. The molecule has 0 aliphatic heterocycles. The van der Waals surface area contributed by atoms with Crippen molar-refractivity contribution < 1.29 is 9.84 Å². The highest BCUT2D eigenvalue weighted by Crippen LogP contribution is 2.39. The highest BCUT2D eigenvalue weighted by molar-refractivity contribution is 6.36. The molecule has 3 rings (SSSR count). The van der Waals surface area contributed by atoms with E-state index in [1.165, 1.54) is 44.2 Å². The minimum atomic E-state index is -0.0520. The number of aryl methyl sites for hydroxylation is 2. The van der Waals surface area contributed by atoms with E-state index in [1.807, 2.05) is 14.0 Å². The summed E-state index contributed by atoms with van der Waals surface area (Å²) in [6.07, 6.45) is 7.43. The van der Waals surface area contributed by atoms with Crippen LogP contribution in [0.3, 0.4) is 0 Å². The molecule has 1 aliphatic carbocycles. The highest BCUT2D eigenvalue weighted by atomic mass is 35.5. The summed E-state index contributed by atoms with van der Waals surface area (Å²) in [6.45, 7) is 2.01. The van der Waals surface area contributed by atoms with Gasteiger partial charge in [-0.2, -0.15) is 5.10 Å². The molecule has 1 aliphatic rings. The third kappa shape index (κ3) is 3.65. The third-order valence-corrected chi connectivity index (χ3v) is 5.31. The average molecular weight is 369 g/mol. The number of phenols is 1. The SMILES string of the molecule is Cc1nn(C)c(Oc2cc(O)c(Cl)cc2Cl)c1CC1CCCCC1. The first kappa shape index (κ1) is 17.4. The summed E-state index contributed by atoms with van der Waals surface area (Å²) < 4.78 is 7.75. The minimum absolute atomic E-state index is 0.0520. The largest absolute Gasteiger partial charge is 0.506 e. The molecule has 0 saturated heterocycles. The molecule has 1 aromatic carbocycles. The van der Waals surface area contributed by atoms with Gasteiger partial charge < -0.3 is 9.84 Å². The van der Waals surface area contributed by atoms with Crippen molar-refractivity contribution in [2.75, 3.05) is 0 Å². The molecule has 6 heteroatoms. The standard InChI is InChI=1S/C18H22Cl2N2O2/c1-11-13(8-12-6-4-3-5-7-12)18(22(2)21-11)24-17-10-16(23)14(19)9-15(17)20/h9-10,12,23H,3-8H2,1-2H3. The number of aromatic nitrogens is 2. The Morgan fingerprint density at radius 2 is 1.92 bits per heavy atom. The third-order valence-electron chi connectivity index (χ3n) is 4.71. The first-order valence-electron chi connectivity index (χ1n) is 8.34. The van der Waals surface area contributed by atoms with Crippen molar-refractivity contribution in [3.63, 3.8) is 0 Å². The maximum atomic E-state index is 9.81. The molecule has 4 nitrogen and oxygen atoms in total. The highest BCUT2D eigenvalue weighted by Gasteiger charge is 2.22. The zero-order chi connectivity index (χ0) is 17.3. The van der Waals surface area contributed by atoms with Crippen LogP contribution >= 0.6 is 23.2 Å². The van der Waals surface area contributed by atoms with E-state index in [2.05, 4.69) is 5.10 Å². The normalized spacial score (nSPS) is 15.7. The molecule has 1 fully saturated rings. The second-order valence-electron chi connectivity index (χ2n) is 6.54. The molecule has 1 saturated carbocycles. The fourth-order valence-corrected chi connectivity index (χ4v) is 3.85. The van der Waals surface area contributed by atoms with Crippen molar-refractivity contribution in [1.82, 2.24) is 9.78 Å². The second kappa shape index (κ2) is 7.24. The summed E-state index contributed by atoms with van der Waals surface area (Å²) in [5, 5.41) is 14.9. The van der Waals surface area contributed by atoms with Crippen molar-refractivity contribution in [2.24, 2.45) is 13.0 Å². The van der Waals surface area contributed by atoms with E-state index in [-0.39, 0.29) is 10.8 Å². The van der Waals surface area contributed by atoms with Gasteiger partial charge in [0.2, 0.25) is 5.88 Å². The van der Waals surface area contributed by atoms with Crippen LogP contribution in [0.1, 0.15) is 43.4 Å². The van der Waals surface area contributed by atoms with Gasteiger partial charge in [0.05, 0.1) is 15.7 Å². The van der Waals surface area contributed by atoms with Crippen LogP contribution in [0, 0.1) is 12.8 Å². The van der Waals surface area contributed by atoms with E-state index >= 15 is 0 Å². The summed E-state index contributed by atoms with van der Waals surface area (Å²) in [4.78, 5) is 0. The van der Waals surface area contributed by atoms with Gasteiger partial charge in [-0.15, -0.1) is 0 Å². The van der Waals surface area contributed by atoms with E-state index in [0.717, 1.165) is 17.7 Å². The molecule has 2 aromatic rings. The summed E-state index contributed by atoms with van der Waals surface area (Å²) >= 11 is 12.1. The van der Waals surface area contributed by atoms with Crippen molar-refractivity contribution >= 4 is 23.2 Å². The number of halogens is 2. The molecule has 0 bridgehead atoms. The van der Waals surface area contributed by atoms with Crippen molar-refractivity contribution in [3.05, 3.63) is 33.4 Å². The van der Waals surface area contributed by atoms with Crippen LogP contribution in [0.25, 0.3) is 0 Å². The number of benzene rings is 1. The summed E-state index contributed by atoms with van der Waals surface area (Å²) in [5.41, 5.74) is 2.10. The Labute approximate surface area is 152 Å². The number of ether oxygens (including phenoxy) is 1. The molecular weight excluding hydrogens is 347 g/mol. The van der Waals surface area contributed by atoms with E-state index in [1.54, 1.807) is 4.68 Å². The Kier molecular flexibility index (Phi) is 5.26. The van der Waals surface area contributed by atoms with Crippen LogP contribution in [0.2, 0.25) is 10.0 Å². The average Bonchev–Trinajstić information content (AvgIpc) is 2.80. The Morgan fingerprint density at radius 1 is 1.21 bits per heavy atom. The van der Waals surface area contributed by atoms with Crippen LogP contribution in [0.15, 0.2) is 12.1 Å². The van der Waals surface area contributed by atoms with Gasteiger partial charge in [0.1, 0.15) is 5.75 Å². The van der Waals surface area contributed by atoms with Gasteiger partial charge in [-0.3, -0.25) is 0 Å². The monoisotopic (exact) mass is 368 g/mol. The summed E-state index contributed by atoms with van der Waals surface area (Å²) in [5.74, 6) is 1.69. The van der Waals surface area contributed by atoms with Crippen molar-refractivity contribution in [2.45, 2.75) is 45.4 Å². The molecule has 0 radical (unpaired) electrons. The molecule has 1 N–H and O–H groups in total. The van der Waals surface area contributed by atoms with Crippen LogP contribution in [-0.2, 0) is 13.5 Å². The molecule has 0 atom stereocenters. The van der Waals surface area contributed by atoms with Crippen LogP contribution in [0.4, 0.5) is 0 Å². The number of hydrogen-bond acceptors (Lipinski definition) is 3. The number of phenolic OH excluding ortho intramolecular Hbond substituents is 1. The first-order valence-corrected chi connectivity index (χ1v) is 9.09. The van der Waals surface area contributed by atoms with Gasteiger partial charge in [0.25, 0.3) is 0 Å². The van der Waals surface area contributed by atoms with Gasteiger partial charge in [0, 0.05) is 18.7 Å². The van der Waals surface area contributed by atoms with Gasteiger partial charge in [-0.05, 0) is 25.3 Å². The van der Waals surface area contributed by atoms with E-state index < -0.39 is 0 Å². The fraction of sp³-hybridized carbons (Fsp3) is 0.500. The Bertz CT molecular complexity index is 737. The Balaban J connectivity index is 1.89. The predicted molar refractivity (Wildman–Crippen MR) is 96.4 cm³/mol. The Morgan fingerprint density at radius 3 is 2.62 bits per heavy atom. The molecule has 1 heterocycles. The van der Waals surface area contributed by atoms with E-state index in [9.17, 15) is 5.11 Å². The zero-order valence-corrected chi connectivity index (χ0v) is 15.5. The summed E-state index contributed by atoms with van der Waals surface area (Å²) in [7, 11) is 1.86. The predicted octanol–water partition coefficient (Wildman–Crippen LogP) is 5.66. The lowest BCUT2D eigenvalue weighted by molar-refractivity contribution is 0.349. The van der Waals surface area contributed by atoms with Crippen LogP contribution in [0.5, 0.6) is 17.4 Å². The molecule has 0 unspecified atom stereocenters. The Hall–Kier alpha value is -1.39. The number of aromatic hydroxyl groups is 1. The van der Waals surface area contributed by atoms with Gasteiger partial charge in [-0.1, -0.05) is 55.3 Å². The quantitative estimate of drug-likeness (QED) is 0.757. The van der Waals surface area contributed by atoms with Crippen LogP contribution < -0.4 is 4.74 Å². The molecule has 24 heavy (non-hydrogen) atoms. The van der Waals surface area contributed by atoms with E-state index in [0.29, 0.717) is 22.6 Å². The smallest absolute Gasteiger partial charge is 0.221 e. The number of nitrogens with zero attached hydrogens (tertiary/aromatic N) is 2. The summed E-state index contributed by atoms with van der Waals surface area (Å²) in [6, 6.07) is 2.93. The first-order chi connectivity index (χ1) is 11.5. The molecule has 0 amide bonds.